The van der Waals surface area contributed by atoms with Crippen LogP contribution in [0.5, 0.6) is 0 Å². The summed E-state index contributed by atoms with van der Waals surface area (Å²) in [5.41, 5.74) is 0.735. The molecule has 4 nitrogen and oxygen atoms in total. The Labute approximate surface area is 146 Å². The molecule has 2 aliphatic heterocycles. The Morgan fingerprint density at radius 2 is 2.17 bits per heavy atom. The van der Waals surface area contributed by atoms with Crippen molar-refractivity contribution >= 4 is 29.1 Å². The molecule has 0 aromatic heterocycles. The van der Waals surface area contributed by atoms with Gasteiger partial charge in [-0.15, -0.1) is 0 Å². The monoisotopic (exact) mass is 357 g/mol. The van der Waals surface area contributed by atoms with Crippen molar-refractivity contribution in [3.63, 3.8) is 0 Å². The van der Waals surface area contributed by atoms with Crippen molar-refractivity contribution in [3.8, 4) is 0 Å². The van der Waals surface area contributed by atoms with Crippen LogP contribution in [0.3, 0.4) is 0 Å². The average molecular weight is 358 g/mol. The molecular formula is C17H21Cl2NO3. The largest absolute Gasteiger partial charge is 0.355 e. The number of nitrogens with one attached hydrogen (secondary N) is 1. The Morgan fingerprint density at radius 3 is 2.83 bits per heavy atom. The minimum absolute atomic E-state index is 0.0602. The zero-order valence-electron chi connectivity index (χ0n) is 12.9. The number of hydrogen-bond acceptors (Lipinski definition) is 3. The molecule has 2 unspecified atom stereocenters. The van der Waals surface area contributed by atoms with Crippen molar-refractivity contribution < 1.29 is 14.3 Å². The van der Waals surface area contributed by atoms with Crippen LogP contribution in [0, 0.1) is 0 Å². The number of carbonyl (C=O) groups excluding carboxylic acids is 1. The molecule has 23 heavy (non-hydrogen) atoms. The zero-order valence-corrected chi connectivity index (χ0v) is 14.5. The molecule has 0 spiro atoms. The molecule has 2 heterocycles. The van der Waals surface area contributed by atoms with Gasteiger partial charge in [0.05, 0.1) is 16.7 Å². The molecule has 3 rings (SSSR count). The van der Waals surface area contributed by atoms with E-state index in [4.69, 9.17) is 32.7 Å². The quantitative estimate of drug-likeness (QED) is 0.874. The Balaban J connectivity index is 1.69. The van der Waals surface area contributed by atoms with E-state index in [0.717, 1.165) is 37.9 Å². The van der Waals surface area contributed by atoms with Gasteiger partial charge in [-0.2, -0.15) is 0 Å². The number of hydrogen-bond donors (Lipinski definition) is 1. The molecule has 6 heteroatoms. The minimum Gasteiger partial charge on any atom is -0.355 e. The highest BCUT2D eigenvalue weighted by Gasteiger charge is 2.40. The highest BCUT2D eigenvalue weighted by atomic mass is 35.5. The van der Waals surface area contributed by atoms with Crippen LogP contribution in [0.15, 0.2) is 18.2 Å². The van der Waals surface area contributed by atoms with Crippen LogP contribution in [-0.2, 0) is 19.7 Å². The first kappa shape index (κ1) is 17.0. The normalized spacial score (nSPS) is 27.9. The van der Waals surface area contributed by atoms with Gasteiger partial charge < -0.3 is 14.8 Å². The lowest BCUT2D eigenvalue weighted by molar-refractivity contribution is -0.164. The molecule has 2 atom stereocenters. The lowest BCUT2D eigenvalue weighted by Crippen LogP contribution is -2.32. The van der Waals surface area contributed by atoms with Crippen molar-refractivity contribution in [2.75, 3.05) is 19.8 Å². The number of rotatable bonds is 5. The average Bonchev–Trinajstić information content (AvgIpc) is 2.93. The summed E-state index contributed by atoms with van der Waals surface area (Å²) < 4.78 is 11.5. The van der Waals surface area contributed by atoms with Crippen molar-refractivity contribution in [2.45, 2.75) is 43.8 Å². The SMILES string of the molecule is O=C1CC(CCOC2CCCCO2)(c2ccc(Cl)c(Cl)c2)CN1. The van der Waals surface area contributed by atoms with Crippen molar-refractivity contribution in [1.29, 1.82) is 0 Å². The molecule has 2 aliphatic rings. The van der Waals surface area contributed by atoms with Crippen LogP contribution in [0.2, 0.25) is 10.0 Å². The Hall–Kier alpha value is -0.810. The third-order valence-electron chi connectivity index (χ3n) is 4.68. The van der Waals surface area contributed by atoms with E-state index in [-0.39, 0.29) is 17.6 Å². The van der Waals surface area contributed by atoms with Crippen molar-refractivity contribution in [3.05, 3.63) is 33.8 Å². The van der Waals surface area contributed by atoms with Crippen LogP contribution in [-0.4, -0.2) is 32.0 Å². The molecule has 0 saturated carbocycles. The summed E-state index contributed by atoms with van der Waals surface area (Å²) in [6.45, 7) is 1.92. The zero-order chi connectivity index (χ0) is 16.3. The highest BCUT2D eigenvalue weighted by molar-refractivity contribution is 6.42. The van der Waals surface area contributed by atoms with Crippen molar-refractivity contribution in [2.24, 2.45) is 0 Å². The number of ether oxygens (including phenoxy) is 2. The summed E-state index contributed by atoms with van der Waals surface area (Å²) in [5, 5.41) is 3.97. The second kappa shape index (κ2) is 7.39. The fraction of sp³-hybridized carbons (Fsp3) is 0.588. The van der Waals surface area contributed by atoms with Gasteiger partial charge in [0, 0.05) is 25.0 Å². The predicted molar refractivity (Wildman–Crippen MR) is 89.9 cm³/mol. The van der Waals surface area contributed by atoms with Gasteiger partial charge in [0.2, 0.25) is 5.91 Å². The maximum atomic E-state index is 11.8. The van der Waals surface area contributed by atoms with Gasteiger partial charge in [0.1, 0.15) is 0 Å². The standard InChI is InChI=1S/C17H21Cl2NO3/c18-13-5-4-12(9-14(13)19)17(10-15(21)20-11-17)6-8-23-16-3-1-2-7-22-16/h4-5,9,16H,1-3,6-8,10-11H2,(H,20,21). The van der Waals surface area contributed by atoms with Gasteiger partial charge in [0.25, 0.3) is 0 Å². The molecule has 1 amide bonds. The summed E-state index contributed by atoms with van der Waals surface area (Å²) in [4.78, 5) is 11.8. The maximum Gasteiger partial charge on any atom is 0.220 e. The molecule has 1 N–H and O–H groups in total. The van der Waals surface area contributed by atoms with Crippen LogP contribution < -0.4 is 5.32 Å². The van der Waals surface area contributed by atoms with Gasteiger partial charge in [-0.25, -0.2) is 0 Å². The van der Waals surface area contributed by atoms with E-state index >= 15 is 0 Å². The first-order valence-electron chi connectivity index (χ1n) is 8.04. The van der Waals surface area contributed by atoms with E-state index < -0.39 is 0 Å². The third kappa shape index (κ3) is 4.00. The molecule has 1 aromatic rings. The van der Waals surface area contributed by atoms with Crippen molar-refractivity contribution in [1.82, 2.24) is 5.32 Å². The van der Waals surface area contributed by atoms with Gasteiger partial charge in [0.15, 0.2) is 6.29 Å². The van der Waals surface area contributed by atoms with Gasteiger partial charge in [-0.1, -0.05) is 29.3 Å². The number of amides is 1. The van der Waals surface area contributed by atoms with Crippen LogP contribution in [0.25, 0.3) is 0 Å². The lowest BCUT2D eigenvalue weighted by Gasteiger charge is -2.30. The van der Waals surface area contributed by atoms with E-state index in [1.807, 2.05) is 12.1 Å². The molecular weight excluding hydrogens is 337 g/mol. The third-order valence-corrected chi connectivity index (χ3v) is 5.42. The highest BCUT2D eigenvalue weighted by Crippen LogP contribution is 2.37. The summed E-state index contributed by atoms with van der Waals surface area (Å²) in [7, 11) is 0. The molecule has 0 aliphatic carbocycles. The first-order chi connectivity index (χ1) is 11.1. The van der Waals surface area contributed by atoms with E-state index in [9.17, 15) is 4.79 Å². The van der Waals surface area contributed by atoms with E-state index in [2.05, 4.69) is 5.32 Å². The molecule has 2 saturated heterocycles. The molecule has 2 fully saturated rings. The van der Waals surface area contributed by atoms with Crippen LogP contribution in [0.4, 0.5) is 0 Å². The summed E-state index contributed by atoms with van der Waals surface area (Å²) >= 11 is 12.2. The van der Waals surface area contributed by atoms with E-state index in [1.165, 1.54) is 0 Å². The van der Waals surface area contributed by atoms with Gasteiger partial charge in [-0.05, 0) is 43.4 Å². The van der Waals surface area contributed by atoms with E-state index in [0.29, 0.717) is 29.6 Å². The summed E-state index contributed by atoms with van der Waals surface area (Å²) in [6.07, 6.45) is 4.26. The molecule has 1 aromatic carbocycles. The minimum atomic E-state index is -0.292. The maximum absolute atomic E-state index is 11.8. The number of benzene rings is 1. The van der Waals surface area contributed by atoms with Crippen LogP contribution in [0.1, 0.15) is 37.7 Å². The smallest absolute Gasteiger partial charge is 0.220 e. The Morgan fingerprint density at radius 1 is 1.30 bits per heavy atom. The number of carbonyl (C=O) groups is 1. The van der Waals surface area contributed by atoms with Crippen LogP contribution >= 0.6 is 23.2 Å². The van der Waals surface area contributed by atoms with Gasteiger partial charge >= 0.3 is 0 Å². The van der Waals surface area contributed by atoms with E-state index in [1.54, 1.807) is 6.07 Å². The fourth-order valence-corrected chi connectivity index (χ4v) is 3.58. The second-order valence-corrected chi connectivity index (χ2v) is 7.09. The topological polar surface area (TPSA) is 47.6 Å². The lowest BCUT2D eigenvalue weighted by atomic mass is 9.77. The molecule has 0 radical (unpaired) electrons. The molecule has 0 bridgehead atoms. The number of halogens is 2. The Bertz CT molecular complexity index is 575. The summed E-state index contributed by atoms with van der Waals surface area (Å²) in [6, 6.07) is 5.60. The second-order valence-electron chi connectivity index (χ2n) is 6.28. The first-order valence-corrected chi connectivity index (χ1v) is 8.80. The fourth-order valence-electron chi connectivity index (χ4n) is 3.28. The summed E-state index contributed by atoms with van der Waals surface area (Å²) in [5.74, 6) is 0.0602. The Kier molecular flexibility index (Phi) is 5.47. The predicted octanol–water partition coefficient (Wildman–Crippen LogP) is 3.68. The van der Waals surface area contributed by atoms with Gasteiger partial charge in [-0.3, -0.25) is 4.79 Å². The molecule has 126 valence electrons.